The highest BCUT2D eigenvalue weighted by Gasteiger charge is 2.39. The van der Waals surface area contributed by atoms with E-state index in [1.165, 1.54) is 0 Å². The molecule has 0 aliphatic heterocycles. The van der Waals surface area contributed by atoms with Gasteiger partial charge in [0.05, 0.1) is 0 Å². The zero-order valence-corrected chi connectivity index (χ0v) is 9.97. The van der Waals surface area contributed by atoms with Gasteiger partial charge in [0.1, 0.15) is 5.54 Å². The average molecular weight is 222 g/mol. The Morgan fingerprint density at radius 1 is 1.38 bits per heavy atom. The lowest BCUT2D eigenvalue weighted by Gasteiger charge is -2.36. The molecule has 1 aromatic heterocycles. The first-order valence-corrected chi connectivity index (χ1v) is 5.46. The first kappa shape index (κ1) is 12.6. The second-order valence-electron chi connectivity index (χ2n) is 3.79. The van der Waals surface area contributed by atoms with Crippen molar-refractivity contribution in [3.05, 3.63) is 30.1 Å². The lowest BCUT2D eigenvalue weighted by Crippen LogP contribution is -2.49. The highest BCUT2D eigenvalue weighted by molar-refractivity contribution is 5.80. The molecule has 0 aliphatic rings. The lowest BCUT2D eigenvalue weighted by atomic mass is 9.91. The molecule has 0 saturated carbocycles. The molecule has 1 aromatic rings. The molecule has 0 spiro atoms. The van der Waals surface area contributed by atoms with Crippen molar-refractivity contribution in [3.8, 4) is 0 Å². The van der Waals surface area contributed by atoms with E-state index in [9.17, 15) is 9.90 Å². The molecule has 0 aliphatic carbocycles. The molecule has 88 valence electrons. The Balaban J connectivity index is 3.21. The molecule has 4 heteroatoms. The molecular weight excluding hydrogens is 204 g/mol. The standard InChI is InChI=1S/C12H18N2O2/c1-4-14(5-2)12(3,11(15)16)10-6-8-13-9-7-10/h6-9H,4-5H2,1-3H3,(H,15,16). The smallest absolute Gasteiger partial charge is 0.328 e. The summed E-state index contributed by atoms with van der Waals surface area (Å²) in [5.74, 6) is -0.831. The van der Waals surface area contributed by atoms with Crippen molar-refractivity contribution in [2.24, 2.45) is 0 Å². The van der Waals surface area contributed by atoms with Crippen molar-refractivity contribution in [2.75, 3.05) is 13.1 Å². The van der Waals surface area contributed by atoms with E-state index in [2.05, 4.69) is 4.98 Å². The van der Waals surface area contributed by atoms with Crippen LogP contribution in [0.25, 0.3) is 0 Å². The summed E-state index contributed by atoms with van der Waals surface area (Å²) in [6, 6.07) is 3.51. The molecular formula is C12H18N2O2. The summed E-state index contributed by atoms with van der Waals surface area (Å²) in [4.78, 5) is 17.4. The minimum atomic E-state index is -0.980. The number of carbonyl (C=O) groups is 1. The molecule has 4 nitrogen and oxygen atoms in total. The molecule has 0 bridgehead atoms. The van der Waals surface area contributed by atoms with Crippen LogP contribution in [0.3, 0.4) is 0 Å². The van der Waals surface area contributed by atoms with Crippen LogP contribution in [0.1, 0.15) is 26.3 Å². The SMILES string of the molecule is CCN(CC)C(C)(C(=O)O)c1ccncc1. The van der Waals surface area contributed by atoms with E-state index in [0.717, 1.165) is 5.56 Å². The number of aromatic nitrogens is 1. The number of nitrogens with zero attached hydrogens (tertiary/aromatic N) is 2. The molecule has 16 heavy (non-hydrogen) atoms. The van der Waals surface area contributed by atoms with Crippen LogP contribution in [0.4, 0.5) is 0 Å². The van der Waals surface area contributed by atoms with Crippen LogP contribution in [-0.2, 0) is 10.3 Å². The minimum absolute atomic E-state index is 0.696. The number of carboxylic acid groups (broad SMARTS) is 1. The Labute approximate surface area is 95.9 Å². The van der Waals surface area contributed by atoms with Crippen LogP contribution >= 0.6 is 0 Å². The molecule has 1 N–H and O–H groups in total. The fourth-order valence-corrected chi connectivity index (χ4v) is 1.97. The summed E-state index contributed by atoms with van der Waals surface area (Å²) in [7, 11) is 0. The Hall–Kier alpha value is -1.42. The average Bonchev–Trinajstić information content (AvgIpc) is 2.31. The quantitative estimate of drug-likeness (QED) is 0.824. The zero-order chi connectivity index (χ0) is 12.2. The van der Waals surface area contributed by atoms with E-state index < -0.39 is 11.5 Å². The number of hydrogen-bond donors (Lipinski definition) is 1. The second-order valence-corrected chi connectivity index (χ2v) is 3.79. The van der Waals surface area contributed by atoms with E-state index in [1.807, 2.05) is 18.7 Å². The predicted octanol–water partition coefficient (Wildman–Crippen LogP) is 1.72. The number of rotatable bonds is 5. The van der Waals surface area contributed by atoms with Gasteiger partial charge in [0.25, 0.3) is 0 Å². The first-order chi connectivity index (χ1) is 7.57. The molecule has 1 rings (SSSR count). The fourth-order valence-electron chi connectivity index (χ4n) is 1.97. The van der Waals surface area contributed by atoms with E-state index in [1.54, 1.807) is 31.5 Å². The van der Waals surface area contributed by atoms with Gasteiger partial charge in [-0.15, -0.1) is 0 Å². The van der Waals surface area contributed by atoms with Gasteiger partial charge in [0.2, 0.25) is 0 Å². The predicted molar refractivity (Wildman–Crippen MR) is 62.1 cm³/mol. The molecule has 0 aromatic carbocycles. The first-order valence-electron chi connectivity index (χ1n) is 5.46. The normalized spacial score (nSPS) is 14.8. The van der Waals surface area contributed by atoms with Crippen LogP contribution in [-0.4, -0.2) is 34.0 Å². The van der Waals surface area contributed by atoms with Gasteiger partial charge < -0.3 is 5.11 Å². The van der Waals surface area contributed by atoms with Crippen molar-refractivity contribution in [1.29, 1.82) is 0 Å². The topological polar surface area (TPSA) is 53.4 Å². The van der Waals surface area contributed by atoms with E-state index in [4.69, 9.17) is 0 Å². The van der Waals surface area contributed by atoms with Crippen molar-refractivity contribution in [2.45, 2.75) is 26.3 Å². The van der Waals surface area contributed by atoms with E-state index in [0.29, 0.717) is 13.1 Å². The molecule has 1 unspecified atom stereocenters. The van der Waals surface area contributed by atoms with E-state index in [-0.39, 0.29) is 0 Å². The highest BCUT2D eigenvalue weighted by Crippen LogP contribution is 2.27. The summed E-state index contributed by atoms with van der Waals surface area (Å²) in [5.41, 5.74) is -0.217. The molecule has 0 saturated heterocycles. The number of likely N-dealkylation sites (N-methyl/N-ethyl adjacent to an activating group) is 1. The van der Waals surface area contributed by atoms with Crippen LogP contribution < -0.4 is 0 Å². The third kappa shape index (κ3) is 2.07. The Kier molecular flexibility index (Phi) is 4.01. The molecule has 1 atom stereocenters. The second kappa shape index (κ2) is 5.07. The zero-order valence-electron chi connectivity index (χ0n) is 9.97. The van der Waals surface area contributed by atoms with E-state index >= 15 is 0 Å². The number of hydrogen-bond acceptors (Lipinski definition) is 3. The van der Waals surface area contributed by atoms with Gasteiger partial charge in [-0.25, -0.2) is 4.79 Å². The van der Waals surface area contributed by atoms with Crippen molar-refractivity contribution in [3.63, 3.8) is 0 Å². The van der Waals surface area contributed by atoms with Gasteiger partial charge in [-0.3, -0.25) is 9.88 Å². The Morgan fingerprint density at radius 2 is 1.88 bits per heavy atom. The summed E-state index contributed by atoms with van der Waals surface area (Å²) < 4.78 is 0. The maximum atomic E-state index is 11.5. The molecule has 0 radical (unpaired) electrons. The number of pyridine rings is 1. The fraction of sp³-hybridized carbons (Fsp3) is 0.500. The summed E-state index contributed by atoms with van der Waals surface area (Å²) in [5, 5.41) is 9.46. The Morgan fingerprint density at radius 3 is 2.25 bits per heavy atom. The van der Waals surface area contributed by atoms with Gasteiger partial charge in [-0.05, 0) is 37.7 Å². The van der Waals surface area contributed by atoms with Gasteiger partial charge >= 0.3 is 5.97 Å². The number of aliphatic carboxylic acids is 1. The summed E-state index contributed by atoms with van der Waals surface area (Å²) in [6.45, 7) is 7.05. The van der Waals surface area contributed by atoms with Crippen LogP contribution in [0.5, 0.6) is 0 Å². The maximum absolute atomic E-state index is 11.5. The van der Waals surface area contributed by atoms with Crippen molar-refractivity contribution < 1.29 is 9.90 Å². The highest BCUT2D eigenvalue weighted by atomic mass is 16.4. The van der Waals surface area contributed by atoms with Gasteiger partial charge in [0.15, 0.2) is 0 Å². The van der Waals surface area contributed by atoms with Crippen molar-refractivity contribution >= 4 is 5.97 Å². The summed E-state index contributed by atoms with van der Waals surface area (Å²) >= 11 is 0. The van der Waals surface area contributed by atoms with Gasteiger partial charge in [-0.2, -0.15) is 0 Å². The number of carboxylic acids is 1. The lowest BCUT2D eigenvalue weighted by molar-refractivity contribution is -0.151. The van der Waals surface area contributed by atoms with Crippen molar-refractivity contribution in [1.82, 2.24) is 9.88 Å². The Bertz CT molecular complexity index is 349. The third-order valence-electron chi connectivity index (χ3n) is 3.05. The van der Waals surface area contributed by atoms with Crippen LogP contribution in [0, 0.1) is 0 Å². The van der Waals surface area contributed by atoms with Crippen LogP contribution in [0.2, 0.25) is 0 Å². The molecule has 0 fully saturated rings. The third-order valence-corrected chi connectivity index (χ3v) is 3.05. The molecule has 1 heterocycles. The monoisotopic (exact) mass is 222 g/mol. The van der Waals surface area contributed by atoms with Gasteiger partial charge in [0, 0.05) is 12.4 Å². The molecule has 0 amide bonds. The summed E-state index contributed by atoms with van der Waals surface area (Å²) in [6.07, 6.45) is 3.25. The largest absolute Gasteiger partial charge is 0.480 e. The minimum Gasteiger partial charge on any atom is -0.480 e. The van der Waals surface area contributed by atoms with Crippen LogP contribution in [0.15, 0.2) is 24.5 Å². The van der Waals surface area contributed by atoms with Gasteiger partial charge in [-0.1, -0.05) is 13.8 Å². The maximum Gasteiger partial charge on any atom is 0.328 e.